The smallest absolute Gasteiger partial charge is 0.0541 e. The summed E-state index contributed by atoms with van der Waals surface area (Å²) in [6, 6.07) is 97.5. The fourth-order valence-electron chi connectivity index (χ4n) is 10.7. The highest BCUT2D eigenvalue weighted by Gasteiger charge is 2.21. The van der Waals surface area contributed by atoms with E-state index in [0.29, 0.717) is 0 Å². The number of rotatable bonds is 8. The number of hydrogen-bond donors (Lipinski definition) is 0. The van der Waals surface area contributed by atoms with Gasteiger partial charge in [0.25, 0.3) is 0 Å². The molecule has 11 aromatic carbocycles. The molecule has 13 aromatic rings. The van der Waals surface area contributed by atoms with E-state index in [1.807, 2.05) is 0 Å². The van der Waals surface area contributed by atoms with Crippen LogP contribution in [0, 0.1) is 0 Å². The van der Waals surface area contributed by atoms with E-state index in [2.05, 4.69) is 276 Å². The van der Waals surface area contributed by atoms with Crippen molar-refractivity contribution in [1.82, 2.24) is 9.13 Å². The topological polar surface area (TPSA) is 9.86 Å². The molecule has 0 saturated carbocycles. The Hall–Kier alpha value is -8.98. The van der Waals surface area contributed by atoms with Crippen molar-refractivity contribution in [2.75, 3.05) is 0 Å². The first kappa shape index (κ1) is 39.4. The van der Waals surface area contributed by atoms with Crippen molar-refractivity contribution >= 4 is 43.6 Å². The van der Waals surface area contributed by atoms with Crippen molar-refractivity contribution in [1.29, 1.82) is 0 Å². The van der Waals surface area contributed by atoms with Crippen LogP contribution in [0.1, 0.15) is 0 Å². The lowest BCUT2D eigenvalue weighted by Crippen LogP contribution is -1.96. The monoisotopic (exact) mass is 864 g/mol. The predicted octanol–water partition coefficient (Wildman–Crippen LogP) is 17.9. The van der Waals surface area contributed by atoms with E-state index >= 15 is 0 Å². The maximum Gasteiger partial charge on any atom is 0.0541 e. The SMILES string of the molecule is c1ccc(-c2ccc(-c3ccc(-c4ccc(-n5c6ccccc6c6ccccc65)cc4)c(-c4ccc(-n5c6ccccc6c6ccccc65)cc4)c3)c(-c3ccccc3)c2-c2ccccc2)cc1. The summed E-state index contributed by atoms with van der Waals surface area (Å²) in [7, 11) is 0. The van der Waals surface area contributed by atoms with Crippen LogP contribution in [0.2, 0.25) is 0 Å². The van der Waals surface area contributed by atoms with Crippen LogP contribution in [0.25, 0.3) is 122 Å². The van der Waals surface area contributed by atoms with Crippen molar-refractivity contribution in [3.63, 3.8) is 0 Å². The van der Waals surface area contributed by atoms with Crippen molar-refractivity contribution in [2.45, 2.75) is 0 Å². The molecular formula is C66H44N2. The summed E-state index contributed by atoms with van der Waals surface area (Å²) in [6.07, 6.45) is 0. The Morgan fingerprint density at radius 3 is 0.897 bits per heavy atom. The molecule has 2 nitrogen and oxygen atoms in total. The van der Waals surface area contributed by atoms with Crippen LogP contribution in [-0.2, 0) is 0 Å². The highest BCUT2D eigenvalue weighted by molar-refractivity contribution is 6.10. The van der Waals surface area contributed by atoms with E-state index in [9.17, 15) is 0 Å². The molecule has 0 aliphatic rings. The van der Waals surface area contributed by atoms with E-state index in [-0.39, 0.29) is 0 Å². The standard InChI is InChI=1S/C66H44N2/c1-4-18-45(19-5-1)54-42-43-55(66(49-22-8-3-9-23-49)65(54)48-20-6-2-7-21-48)50-36-41-53(46-32-37-51(38-33-46)67-61-28-14-10-24-56(61)57-25-11-15-29-62(57)67)60(44-50)47-34-39-52(40-35-47)68-63-30-16-12-26-58(63)59-27-13-17-31-64(59)68/h1-44H. The summed E-state index contributed by atoms with van der Waals surface area (Å²) in [4.78, 5) is 0. The van der Waals surface area contributed by atoms with Gasteiger partial charge >= 0.3 is 0 Å². The van der Waals surface area contributed by atoms with E-state index in [4.69, 9.17) is 0 Å². The predicted molar refractivity (Wildman–Crippen MR) is 288 cm³/mol. The lowest BCUT2D eigenvalue weighted by atomic mass is 9.82. The third kappa shape index (κ3) is 6.57. The van der Waals surface area contributed by atoms with Gasteiger partial charge < -0.3 is 9.13 Å². The van der Waals surface area contributed by atoms with E-state index in [1.165, 1.54) is 93.7 Å². The molecule has 0 saturated heterocycles. The van der Waals surface area contributed by atoms with Crippen LogP contribution >= 0.6 is 0 Å². The maximum absolute atomic E-state index is 2.42. The van der Waals surface area contributed by atoms with Crippen LogP contribution in [0.15, 0.2) is 267 Å². The summed E-state index contributed by atoms with van der Waals surface area (Å²) in [5.41, 5.74) is 21.3. The average Bonchev–Trinajstić information content (AvgIpc) is 3.94. The number of benzene rings is 11. The quantitative estimate of drug-likeness (QED) is 0.144. The summed E-state index contributed by atoms with van der Waals surface area (Å²) >= 11 is 0. The van der Waals surface area contributed by atoms with E-state index < -0.39 is 0 Å². The minimum atomic E-state index is 1.13. The van der Waals surface area contributed by atoms with Crippen LogP contribution in [-0.4, -0.2) is 9.13 Å². The Morgan fingerprint density at radius 2 is 0.485 bits per heavy atom. The minimum absolute atomic E-state index is 1.13. The number of hydrogen-bond acceptors (Lipinski definition) is 0. The molecule has 13 rings (SSSR count). The van der Waals surface area contributed by atoms with Crippen molar-refractivity contribution < 1.29 is 0 Å². The first-order valence-electron chi connectivity index (χ1n) is 23.4. The third-order valence-electron chi connectivity index (χ3n) is 13.8. The second kappa shape index (κ2) is 16.5. The maximum atomic E-state index is 2.42. The van der Waals surface area contributed by atoms with Gasteiger partial charge in [0.15, 0.2) is 0 Å². The minimum Gasteiger partial charge on any atom is -0.309 e. The van der Waals surface area contributed by atoms with Gasteiger partial charge in [-0.1, -0.05) is 212 Å². The van der Waals surface area contributed by atoms with Crippen LogP contribution in [0.5, 0.6) is 0 Å². The van der Waals surface area contributed by atoms with Crippen molar-refractivity contribution in [3.05, 3.63) is 267 Å². The number of para-hydroxylation sites is 4. The highest BCUT2D eigenvalue weighted by Crippen LogP contribution is 2.47. The summed E-state index contributed by atoms with van der Waals surface area (Å²) in [6.45, 7) is 0. The zero-order valence-electron chi connectivity index (χ0n) is 37.3. The van der Waals surface area contributed by atoms with Gasteiger partial charge in [0.05, 0.1) is 22.1 Å². The largest absolute Gasteiger partial charge is 0.309 e. The molecule has 0 radical (unpaired) electrons. The lowest BCUT2D eigenvalue weighted by Gasteiger charge is -2.22. The fourth-order valence-corrected chi connectivity index (χ4v) is 10.7. The molecule has 0 unspecified atom stereocenters. The molecule has 0 bridgehead atoms. The normalized spacial score (nSPS) is 11.5. The van der Waals surface area contributed by atoms with E-state index in [1.54, 1.807) is 0 Å². The number of aromatic nitrogens is 2. The van der Waals surface area contributed by atoms with Crippen LogP contribution in [0.3, 0.4) is 0 Å². The second-order valence-electron chi connectivity index (χ2n) is 17.6. The first-order chi connectivity index (χ1) is 33.8. The molecule has 0 fully saturated rings. The highest BCUT2D eigenvalue weighted by atomic mass is 15.0. The Labute approximate surface area is 395 Å². The zero-order chi connectivity index (χ0) is 45.0. The third-order valence-corrected chi connectivity index (χ3v) is 13.8. The Bertz CT molecular complexity index is 3870. The number of fused-ring (bicyclic) bond motifs is 6. The van der Waals surface area contributed by atoms with Crippen molar-refractivity contribution in [3.8, 4) is 78.1 Å². The molecule has 2 aromatic heterocycles. The molecule has 0 amide bonds. The molecule has 0 atom stereocenters. The van der Waals surface area contributed by atoms with Gasteiger partial charge in [0.2, 0.25) is 0 Å². The molecule has 68 heavy (non-hydrogen) atoms. The summed E-state index contributed by atoms with van der Waals surface area (Å²) < 4.78 is 4.78. The van der Waals surface area contributed by atoms with Gasteiger partial charge in [-0.3, -0.25) is 0 Å². The lowest BCUT2D eigenvalue weighted by molar-refractivity contribution is 1.18. The summed E-state index contributed by atoms with van der Waals surface area (Å²) in [5.74, 6) is 0. The average molecular weight is 865 g/mol. The fraction of sp³-hybridized carbons (Fsp3) is 0. The Balaban J connectivity index is 1.01. The molecular weight excluding hydrogens is 821 g/mol. The Kier molecular flexibility index (Phi) is 9.54. The first-order valence-corrected chi connectivity index (χ1v) is 23.4. The second-order valence-corrected chi connectivity index (χ2v) is 17.6. The van der Waals surface area contributed by atoms with Gasteiger partial charge in [-0.2, -0.15) is 0 Å². The molecule has 0 aliphatic carbocycles. The van der Waals surface area contributed by atoms with Gasteiger partial charge in [0.1, 0.15) is 0 Å². The van der Waals surface area contributed by atoms with Crippen molar-refractivity contribution in [2.24, 2.45) is 0 Å². The van der Waals surface area contributed by atoms with Crippen LogP contribution in [0.4, 0.5) is 0 Å². The molecule has 0 spiro atoms. The number of nitrogens with zero attached hydrogens (tertiary/aromatic N) is 2. The van der Waals surface area contributed by atoms with Crippen LogP contribution < -0.4 is 0 Å². The molecule has 2 heteroatoms. The zero-order valence-corrected chi connectivity index (χ0v) is 37.3. The van der Waals surface area contributed by atoms with Gasteiger partial charge in [-0.05, 0) is 121 Å². The van der Waals surface area contributed by atoms with Gasteiger partial charge in [-0.15, -0.1) is 0 Å². The molecule has 2 heterocycles. The molecule has 0 aliphatic heterocycles. The Morgan fingerprint density at radius 1 is 0.191 bits per heavy atom. The molecule has 0 N–H and O–H groups in total. The van der Waals surface area contributed by atoms with Gasteiger partial charge in [0, 0.05) is 32.9 Å². The van der Waals surface area contributed by atoms with E-state index in [0.717, 1.165) is 28.1 Å². The summed E-state index contributed by atoms with van der Waals surface area (Å²) in [5, 5.41) is 5.04. The van der Waals surface area contributed by atoms with Gasteiger partial charge in [-0.25, -0.2) is 0 Å². The molecule has 318 valence electrons.